The van der Waals surface area contributed by atoms with Crippen LogP contribution in [0, 0.1) is 0 Å². The van der Waals surface area contributed by atoms with Crippen LogP contribution in [0.15, 0.2) is 47.0 Å². The van der Waals surface area contributed by atoms with Gasteiger partial charge in [0.05, 0.1) is 13.5 Å². The molecule has 0 radical (unpaired) electrons. The highest BCUT2D eigenvalue weighted by Gasteiger charge is 2.15. The fraction of sp³-hybridized carbons (Fsp3) is 0.176. The van der Waals surface area contributed by atoms with Crippen molar-refractivity contribution < 1.29 is 27.6 Å². The minimum atomic E-state index is -3.00. The second-order valence-corrected chi connectivity index (χ2v) is 5.09. The third-order valence-electron chi connectivity index (χ3n) is 3.44. The number of methoxy groups -OCH3 is 1. The third-order valence-corrected chi connectivity index (χ3v) is 3.44. The predicted molar refractivity (Wildman–Crippen MR) is 86.0 cm³/mol. The first-order valence-electron chi connectivity index (χ1n) is 7.33. The van der Waals surface area contributed by atoms with Gasteiger partial charge >= 0.3 is 6.61 Å². The van der Waals surface area contributed by atoms with Crippen molar-refractivity contribution in [3.63, 3.8) is 0 Å². The smallest absolute Gasteiger partial charge is 0.387 e. The van der Waals surface area contributed by atoms with E-state index in [1.807, 2.05) is 6.07 Å². The second kappa shape index (κ2) is 7.16. The van der Waals surface area contributed by atoms with Gasteiger partial charge in [-0.05, 0) is 24.3 Å². The average molecular weight is 348 g/mol. The van der Waals surface area contributed by atoms with E-state index >= 15 is 0 Å². The Bertz CT molecular complexity index is 895. The summed E-state index contributed by atoms with van der Waals surface area (Å²) in [5.41, 5.74) is 1.38. The van der Waals surface area contributed by atoms with E-state index in [0.717, 1.165) is 5.39 Å². The number of amides is 1. The first-order valence-corrected chi connectivity index (χ1v) is 7.33. The van der Waals surface area contributed by atoms with Crippen LogP contribution < -0.4 is 14.8 Å². The van der Waals surface area contributed by atoms with Gasteiger partial charge in [-0.2, -0.15) is 8.78 Å². The number of nitrogens with zero attached hydrogens (tertiary/aromatic N) is 1. The predicted octanol–water partition coefficient (Wildman–Crippen LogP) is 3.62. The van der Waals surface area contributed by atoms with Crippen LogP contribution in [-0.4, -0.2) is 24.8 Å². The molecule has 25 heavy (non-hydrogen) atoms. The van der Waals surface area contributed by atoms with Crippen LogP contribution in [0.3, 0.4) is 0 Å². The highest BCUT2D eigenvalue weighted by atomic mass is 19.3. The molecule has 0 bridgehead atoms. The Morgan fingerprint density at radius 3 is 2.80 bits per heavy atom. The minimum absolute atomic E-state index is 0.0198. The van der Waals surface area contributed by atoms with E-state index in [2.05, 4.69) is 15.2 Å². The Kier molecular flexibility index (Phi) is 4.78. The molecular formula is C17H14F2N2O4. The maximum Gasteiger partial charge on any atom is 0.387 e. The van der Waals surface area contributed by atoms with E-state index in [1.54, 1.807) is 18.2 Å². The number of benzene rings is 2. The maximum absolute atomic E-state index is 12.4. The zero-order chi connectivity index (χ0) is 17.8. The summed E-state index contributed by atoms with van der Waals surface area (Å²) in [5, 5.41) is 7.23. The Morgan fingerprint density at radius 1 is 1.24 bits per heavy atom. The summed E-state index contributed by atoms with van der Waals surface area (Å²) >= 11 is 0. The number of anilines is 1. The molecule has 0 aliphatic carbocycles. The number of halogens is 2. The molecule has 0 spiro atoms. The highest BCUT2D eigenvalue weighted by molar-refractivity contribution is 5.94. The summed E-state index contributed by atoms with van der Waals surface area (Å²) in [7, 11) is 1.33. The monoisotopic (exact) mass is 348 g/mol. The van der Waals surface area contributed by atoms with Gasteiger partial charge in [-0.3, -0.25) is 4.79 Å². The lowest BCUT2D eigenvalue weighted by atomic mass is 10.1. The van der Waals surface area contributed by atoms with Crippen molar-refractivity contribution in [1.29, 1.82) is 0 Å². The highest BCUT2D eigenvalue weighted by Crippen LogP contribution is 2.31. The van der Waals surface area contributed by atoms with Crippen LogP contribution in [0.4, 0.5) is 14.5 Å². The lowest BCUT2D eigenvalue weighted by Crippen LogP contribution is -2.15. The number of alkyl halides is 2. The molecule has 1 N–H and O–H groups in total. The number of hydrogen-bond acceptors (Lipinski definition) is 5. The van der Waals surface area contributed by atoms with Crippen molar-refractivity contribution in [2.45, 2.75) is 13.0 Å². The molecule has 8 heteroatoms. The van der Waals surface area contributed by atoms with E-state index in [0.29, 0.717) is 17.0 Å². The maximum atomic E-state index is 12.4. The van der Waals surface area contributed by atoms with Gasteiger partial charge in [0.1, 0.15) is 5.69 Å². The minimum Gasteiger partial charge on any atom is -0.493 e. The number of hydrogen-bond donors (Lipinski definition) is 1. The topological polar surface area (TPSA) is 73.6 Å². The number of fused-ring (bicyclic) bond motifs is 1. The Labute approximate surface area is 141 Å². The fourth-order valence-corrected chi connectivity index (χ4v) is 2.37. The van der Waals surface area contributed by atoms with Crippen molar-refractivity contribution in [2.75, 3.05) is 12.4 Å². The molecule has 3 rings (SSSR count). The van der Waals surface area contributed by atoms with Crippen molar-refractivity contribution in [3.8, 4) is 11.5 Å². The number of carbonyl (C=O) groups excluding carboxylic acids is 1. The van der Waals surface area contributed by atoms with E-state index in [4.69, 9.17) is 9.26 Å². The quantitative estimate of drug-likeness (QED) is 0.736. The Balaban J connectivity index is 1.74. The first-order chi connectivity index (χ1) is 12.1. The summed E-state index contributed by atoms with van der Waals surface area (Å²) in [4.78, 5) is 12.2. The van der Waals surface area contributed by atoms with Crippen LogP contribution in [0.5, 0.6) is 11.5 Å². The van der Waals surface area contributed by atoms with Crippen molar-refractivity contribution in [3.05, 3.63) is 48.2 Å². The van der Waals surface area contributed by atoms with E-state index < -0.39 is 6.61 Å². The molecule has 2 aromatic carbocycles. The van der Waals surface area contributed by atoms with E-state index in [-0.39, 0.29) is 23.8 Å². The molecule has 130 valence electrons. The number of ether oxygens (including phenoxy) is 2. The van der Waals surface area contributed by atoms with Crippen molar-refractivity contribution in [2.24, 2.45) is 0 Å². The average Bonchev–Trinajstić information content (AvgIpc) is 2.98. The first kappa shape index (κ1) is 16.7. The van der Waals surface area contributed by atoms with Crippen LogP contribution in [0.25, 0.3) is 11.0 Å². The molecule has 0 saturated heterocycles. The molecule has 1 aromatic heterocycles. The Hall–Kier alpha value is -3.16. The number of nitrogens with one attached hydrogen (secondary N) is 1. The molecular weight excluding hydrogens is 334 g/mol. The van der Waals surface area contributed by atoms with Gasteiger partial charge < -0.3 is 19.3 Å². The van der Waals surface area contributed by atoms with E-state index in [1.165, 1.54) is 25.3 Å². The van der Waals surface area contributed by atoms with Gasteiger partial charge in [-0.1, -0.05) is 17.3 Å². The molecule has 0 saturated carbocycles. The number of carbonyl (C=O) groups is 1. The summed E-state index contributed by atoms with van der Waals surface area (Å²) in [6, 6.07) is 11.4. The zero-order valence-electron chi connectivity index (χ0n) is 13.2. The zero-order valence-corrected chi connectivity index (χ0v) is 13.2. The summed E-state index contributed by atoms with van der Waals surface area (Å²) in [6.45, 7) is -3.00. The lowest BCUT2D eigenvalue weighted by Gasteiger charge is -2.12. The fourth-order valence-electron chi connectivity index (χ4n) is 2.37. The van der Waals surface area contributed by atoms with Crippen LogP contribution >= 0.6 is 0 Å². The number of aromatic nitrogens is 1. The summed E-state index contributed by atoms with van der Waals surface area (Å²) in [6.07, 6.45) is -0.0198. The molecule has 0 aliphatic heterocycles. The van der Waals surface area contributed by atoms with Crippen LogP contribution in [-0.2, 0) is 11.2 Å². The lowest BCUT2D eigenvalue weighted by molar-refractivity contribution is -0.115. The molecule has 1 amide bonds. The van der Waals surface area contributed by atoms with Gasteiger partial charge in [0.2, 0.25) is 5.91 Å². The molecule has 0 aliphatic rings. The van der Waals surface area contributed by atoms with E-state index in [9.17, 15) is 13.6 Å². The molecule has 1 heterocycles. The van der Waals surface area contributed by atoms with Gasteiger partial charge in [0.15, 0.2) is 17.1 Å². The van der Waals surface area contributed by atoms with Gasteiger partial charge in [0.25, 0.3) is 0 Å². The van der Waals surface area contributed by atoms with Crippen molar-refractivity contribution in [1.82, 2.24) is 5.16 Å². The summed E-state index contributed by atoms with van der Waals surface area (Å²) < 4.78 is 39.4. The molecule has 0 atom stereocenters. The van der Waals surface area contributed by atoms with Crippen LogP contribution in [0.2, 0.25) is 0 Å². The second-order valence-electron chi connectivity index (χ2n) is 5.09. The molecule has 0 fully saturated rings. The molecule has 3 aromatic rings. The van der Waals surface area contributed by atoms with Gasteiger partial charge in [-0.15, -0.1) is 0 Å². The van der Waals surface area contributed by atoms with Crippen molar-refractivity contribution >= 4 is 22.6 Å². The third kappa shape index (κ3) is 3.85. The standard InChI is InChI=1S/C17H14F2N2O4/c1-23-14-7-6-10(8-15(14)24-17(18)19)20-16(22)9-12-11-4-2-3-5-13(11)25-21-12/h2-8,17H,9H2,1H3,(H,20,22). The summed E-state index contributed by atoms with van der Waals surface area (Å²) in [5.74, 6) is -0.393. The number of rotatable bonds is 6. The Morgan fingerprint density at radius 2 is 2.04 bits per heavy atom. The normalized spacial score (nSPS) is 10.9. The van der Waals surface area contributed by atoms with Gasteiger partial charge in [0, 0.05) is 17.1 Å². The van der Waals surface area contributed by atoms with Gasteiger partial charge in [-0.25, -0.2) is 0 Å². The molecule has 6 nitrogen and oxygen atoms in total. The largest absolute Gasteiger partial charge is 0.493 e. The molecule has 0 unspecified atom stereocenters. The number of para-hydroxylation sites is 1. The SMILES string of the molecule is COc1ccc(NC(=O)Cc2noc3ccccc23)cc1OC(F)F. The van der Waals surface area contributed by atoms with Crippen LogP contribution in [0.1, 0.15) is 5.69 Å².